The van der Waals surface area contributed by atoms with E-state index in [0.29, 0.717) is 6.42 Å². The standard InChI is InChI=1S/C32H33FN2O/c1-31(23-10-7-11-24(33)19-23)14-16-32(17-15-31)21-25(34-29(36)18-22-8-3-2-4-9-22)20-27-26-12-5-6-13-28(26)35-30(27)32/h2-13,19,25,35H,14-18,20-21H2,1H3,(H,34,36). The predicted molar refractivity (Wildman–Crippen MR) is 143 cm³/mol. The van der Waals surface area contributed by atoms with E-state index in [1.54, 1.807) is 6.07 Å². The molecule has 0 aliphatic heterocycles. The van der Waals surface area contributed by atoms with E-state index in [4.69, 9.17) is 0 Å². The Morgan fingerprint density at radius 3 is 2.50 bits per heavy atom. The molecule has 0 bridgehead atoms. The summed E-state index contributed by atoms with van der Waals surface area (Å²) in [7, 11) is 0. The van der Waals surface area contributed by atoms with E-state index < -0.39 is 0 Å². The van der Waals surface area contributed by atoms with Crippen LogP contribution >= 0.6 is 0 Å². The number of nitrogens with one attached hydrogen (secondary N) is 2. The number of benzene rings is 3. The summed E-state index contributed by atoms with van der Waals surface area (Å²) in [5.74, 6) is -0.0733. The lowest BCUT2D eigenvalue weighted by Gasteiger charge is -2.49. The Bertz CT molecular complexity index is 1400. The van der Waals surface area contributed by atoms with Crippen LogP contribution in [0.3, 0.4) is 0 Å². The molecule has 2 aliphatic carbocycles. The lowest BCUT2D eigenvalue weighted by Crippen LogP contribution is -2.49. The van der Waals surface area contributed by atoms with Crippen LogP contribution in [-0.4, -0.2) is 16.9 Å². The molecular weight excluding hydrogens is 447 g/mol. The molecule has 1 fully saturated rings. The molecule has 3 nitrogen and oxygen atoms in total. The molecule has 4 heteroatoms. The largest absolute Gasteiger partial charge is 0.358 e. The Morgan fingerprint density at radius 2 is 1.72 bits per heavy atom. The molecule has 0 radical (unpaired) electrons. The van der Waals surface area contributed by atoms with E-state index in [9.17, 15) is 9.18 Å². The van der Waals surface area contributed by atoms with E-state index in [0.717, 1.165) is 49.7 Å². The number of H-pyrrole nitrogens is 1. The van der Waals surface area contributed by atoms with Crippen molar-refractivity contribution in [3.05, 3.63) is 107 Å². The minimum Gasteiger partial charge on any atom is -0.358 e. The van der Waals surface area contributed by atoms with Gasteiger partial charge in [0.15, 0.2) is 0 Å². The van der Waals surface area contributed by atoms with Crippen LogP contribution in [0.2, 0.25) is 0 Å². The first-order valence-electron chi connectivity index (χ1n) is 13.1. The van der Waals surface area contributed by atoms with Crippen molar-refractivity contribution in [1.29, 1.82) is 0 Å². The van der Waals surface area contributed by atoms with Crippen LogP contribution in [0.4, 0.5) is 4.39 Å². The molecule has 184 valence electrons. The number of amides is 1. The van der Waals surface area contributed by atoms with Gasteiger partial charge in [0.1, 0.15) is 5.82 Å². The van der Waals surface area contributed by atoms with Crippen LogP contribution in [0.1, 0.15) is 61.4 Å². The lowest BCUT2D eigenvalue weighted by atomic mass is 9.57. The van der Waals surface area contributed by atoms with E-state index in [1.165, 1.54) is 28.2 Å². The fraction of sp³-hybridized carbons (Fsp3) is 0.344. The number of para-hydroxylation sites is 1. The first-order valence-corrected chi connectivity index (χ1v) is 13.1. The van der Waals surface area contributed by atoms with E-state index in [2.05, 4.69) is 47.6 Å². The predicted octanol–water partition coefficient (Wildman–Crippen LogP) is 6.75. The van der Waals surface area contributed by atoms with Crippen molar-refractivity contribution in [2.75, 3.05) is 0 Å². The minimum absolute atomic E-state index is 0.00979. The molecule has 1 saturated carbocycles. The van der Waals surface area contributed by atoms with Gasteiger partial charge >= 0.3 is 0 Å². The number of aromatic amines is 1. The maximum atomic E-state index is 14.0. The van der Waals surface area contributed by atoms with Gasteiger partial charge in [0.25, 0.3) is 0 Å². The van der Waals surface area contributed by atoms with Crippen LogP contribution in [-0.2, 0) is 28.5 Å². The fourth-order valence-electron chi connectivity index (χ4n) is 6.81. The van der Waals surface area contributed by atoms with Crippen molar-refractivity contribution in [2.24, 2.45) is 0 Å². The van der Waals surface area contributed by atoms with Crippen molar-refractivity contribution in [3.63, 3.8) is 0 Å². The molecule has 1 aromatic heterocycles. The molecule has 6 rings (SSSR count). The molecule has 4 aromatic rings. The molecule has 1 spiro atoms. The van der Waals surface area contributed by atoms with Crippen LogP contribution in [0.25, 0.3) is 10.9 Å². The number of rotatable bonds is 4. The van der Waals surface area contributed by atoms with Gasteiger partial charge in [-0.05, 0) is 78.8 Å². The highest BCUT2D eigenvalue weighted by Gasteiger charge is 2.48. The lowest BCUT2D eigenvalue weighted by molar-refractivity contribution is -0.121. The van der Waals surface area contributed by atoms with Gasteiger partial charge in [-0.15, -0.1) is 0 Å². The second kappa shape index (κ2) is 8.92. The molecule has 3 aromatic carbocycles. The molecule has 2 N–H and O–H groups in total. The molecule has 0 saturated heterocycles. The van der Waals surface area contributed by atoms with Gasteiger partial charge in [0, 0.05) is 28.1 Å². The molecule has 1 atom stereocenters. The van der Waals surface area contributed by atoms with Gasteiger partial charge in [0.05, 0.1) is 6.42 Å². The van der Waals surface area contributed by atoms with Gasteiger partial charge < -0.3 is 10.3 Å². The van der Waals surface area contributed by atoms with Crippen LogP contribution in [0.15, 0.2) is 78.9 Å². The Morgan fingerprint density at radius 1 is 0.972 bits per heavy atom. The second-order valence-corrected chi connectivity index (χ2v) is 11.2. The average molecular weight is 481 g/mol. The zero-order valence-corrected chi connectivity index (χ0v) is 20.8. The van der Waals surface area contributed by atoms with Crippen molar-refractivity contribution in [3.8, 4) is 0 Å². The quantitative estimate of drug-likeness (QED) is 0.333. The minimum atomic E-state index is -0.161. The highest BCUT2D eigenvalue weighted by molar-refractivity contribution is 5.86. The molecule has 1 amide bonds. The third kappa shape index (κ3) is 4.13. The Hall–Kier alpha value is -3.40. The average Bonchev–Trinajstić information content (AvgIpc) is 3.26. The number of carbonyl (C=O) groups is 1. The number of halogens is 1. The SMILES string of the molecule is CC1(c2cccc(F)c2)CCC2(CC1)CC(NC(=O)Cc1ccccc1)Cc1c2[nH]c2ccccc12. The highest BCUT2D eigenvalue weighted by atomic mass is 19.1. The molecule has 2 aliphatic rings. The maximum Gasteiger partial charge on any atom is 0.224 e. The Labute approximate surface area is 212 Å². The summed E-state index contributed by atoms with van der Waals surface area (Å²) in [6.45, 7) is 2.28. The van der Waals surface area contributed by atoms with Crippen molar-refractivity contribution >= 4 is 16.8 Å². The molecule has 1 unspecified atom stereocenters. The third-order valence-electron chi connectivity index (χ3n) is 8.84. The van der Waals surface area contributed by atoms with E-state index in [1.807, 2.05) is 36.4 Å². The molecule has 1 heterocycles. The summed E-state index contributed by atoms with van der Waals surface area (Å²) in [6.07, 6.45) is 6.22. The monoisotopic (exact) mass is 480 g/mol. The van der Waals surface area contributed by atoms with Gasteiger partial charge in [0.2, 0.25) is 5.91 Å². The summed E-state index contributed by atoms with van der Waals surface area (Å²) in [5.41, 5.74) is 5.98. The highest BCUT2D eigenvalue weighted by Crippen LogP contribution is 2.53. The number of aromatic nitrogens is 1. The Balaban J connectivity index is 1.30. The van der Waals surface area contributed by atoms with Crippen LogP contribution in [0.5, 0.6) is 0 Å². The van der Waals surface area contributed by atoms with Gasteiger partial charge in [-0.1, -0.05) is 67.6 Å². The summed E-state index contributed by atoms with van der Waals surface area (Å²) in [4.78, 5) is 16.8. The summed E-state index contributed by atoms with van der Waals surface area (Å²) >= 11 is 0. The first-order chi connectivity index (χ1) is 17.4. The van der Waals surface area contributed by atoms with Gasteiger partial charge in [-0.3, -0.25) is 4.79 Å². The summed E-state index contributed by atoms with van der Waals surface area (Å²) in [5, 5.41) is 4.66. The zero-order chi connectivity index (χ0) is 24.8. The van der Waals surface area contributed by atoms with Crippen molar-refractivity contribution in [2.45, 2.75) is 68.7 Å². The van der Waals surface area contributed by atoms with E-state index in [-0.39, 0.29) is 28.6 Å². The zero-order valence-electron chi connectivity index (χ0n) is 20.8. The number of fused-ring (bicyclic) bond motifs is 4. The summed E-state index contributed by atoms with van der Waals surface area (Å²) < 4.78 is 14.0. The molecule has 36 heavy (non-hydrogen) atoms. The van der Waals surface area contributed by atoms with Gasteiger partial charge in [-0.25, -0.2) is 4.39 Å². The number of hydrogen-bond donors (Lipinski definition) is 2. The van der Waals surface area contributed by atoms with Crippen molar-refractivity contribution < 1.29 is 9.18 Å². The number of carbonyl (C=O) groups excluding carboxylic acids is 1. The van der Waals surface area contributed by atoms with Gasteiger partial charge in [-0.2, -0.15) is 0 Å². The maximum absolute atomic E-state index is 14.0. The fourth-order valence-corrected chi connectivity index (χ4v) is 6.81. The van der Waals surface area contributed by atoms with Crippen molar-refractivity contribution in [1.82, 2.24) is 10.3 Å². The van der Waals surface area contributed by atoms with Crippen LogP contribution < -0.4 is 5.32 Å². The van der Waals surface area contributed by atoms with Crippen LogP contribution in [0, 0.1) is 5.82 Å². The normalized spacial score (nSPS) is 25.6. The second-order valence-electron chi connectivity index (χ2n) is 11.2. The number of hydrogen-bond acceptors (Lipinski definition) is 1. The molecular formula is C32H33FN2O. The smallest absolute Gasteiger partial charge is 0.224 e. The Kier molecular flexibility index (Phi) is 5.70. The van der Waals surface area contributed by atoms with E-state index >= 15 is 0 Å². The first kappa shape index (κ1) is 23.0. The third-order valence-corrected chi connectivity index (χ3v) is 8.84. The topological polar surface area (TPSA) is 44.9 Å². The summed E-state index contributed by atoms with van der Waals surface area (Å²) in [6, 6.07) is 25.7.